The fraction of sp³-hybridized carbons (Fsp3) is 0.455. The number of rotatable bonds is 4. The number of benzene rings is 1. The number of piperidine rings is 1. The number of hydrogen-bond donors (Lipinski definition) is 0. The molecule has 4 nitrogen and oxygen atoms in total. The van der Waals surface area contributed by atoms with Crippen LogP contribution in [-0.2, 0) is 19.4 Å². The van der Waals surface area contributed by atoms with Crippen molar-refractivity contribution < 1.29 is 0 Å². The van der Waals surface area contributed by atoms with Crippen LogP contribution in [0.2, 0.25) is 5.02 Å². The van der Waals surface area contributed by atoms with Gasteiger partial charge in [0.15, 0.2) is 5.82 Å². The number of aryl methyl sites for hydroxylation is 1. The van der Waals surface area contributed by atoms with Crippen molar-refractivity contribution in [1.82, 2.24) is 19.7 Å². The molecule has 6 heteroatoms. The lowest BCUT2D eigenvalue weighted by molar-refractivity contribution is 0.209. The molecule has 2 aliphatic heterocycles. The third-order valence-corrected chi connectivity index (χ3v) is 7.22. The van der Waals surface area contributed by atoms with Gasteiger partial charge in [-0.15, -0.1) is 10.2 Å². The highest BCUT2D eigenvalue weighted by Crippen LogP contribution is 2.34. The van der Waals surface area contributed by atoms with Crippen LogP contribution >= 0.6 is 22.9 Å². The van der Waals surface area contributed by atoms with Crippen molar-refractivity contribution in [2.24, 2.45) is 0 Å². The van der Waals surface area contributed by atoms with Gasteiger partial charge in [0.05, 0.1) is 0 Å². The third kappa shape index (κ3) is 3.63. The Morgan fingerprint density at radius 2 is 1.86 bits per heavy atom. The lowest BCUT2D eigenvalue weighted by atomic mass is 9.95. The van der Waals surface area contributed by atoms with Crippen LogP contribution in [0.5, 0.6) is 0 Å². The summed E-state index contributed by atoms with van der Waals surface area (Å²) in [7, 11) is 0. The largest absolute Gasteiger partial charge is 0.311 e. The van der Waals surface area contributed by atoms with E-state index in [0.29, 0.717) is 5.92 Å². The average molecular weight is 413 g/mol. The van der Waals surface area contributed by atoms with Gasteiger partial charge in [0.25, 0.3) is 0 Å². The first-order valence-corrected chi connectivity index (χ1v) is 11.6. The lowest BCUT2D eigenvalue weighted by Gasteiger charge is -2.31. The van der Waals surface area contributed by atoms with Crippen LogP contribution < -0.4 is 0 Å². The first-order valence-electron chi connectivity index (χ1n) is 10.2. The summed E-state index contributed by atoms with van der Waals surface area (Å²) in [4.78, 5) is 2.59. The fourth-order valence-electron chi connectivity index (χ4n) is 4.53. The highest BCUT2D eigenvalue weighted by Gasteiger charge is 2.28. The van der Waals surface area contributed by atoms with E-state index in [1.807, 2.05) is 12.1 Å². The van der Waals surface area contributed by atoms with Crippen LogP contribution in [0.4, 0.5) is 0 Å². The van der Waals surface area contributed by atoms with Crippen molar-refractivity contribution >= 4 is 22.9 Å². The molecular formula is C22H25ClN4S. The van der Waals surface area contributed by atoms with Crippen molar-refractivity contribution in [3.63, 3.8) is 0 Å². The Labute approximate surface area is 175 Å². The summed E-state index contributed by atoms with van der Waals surface area (Å²) in [5.74, 6) is 2.84. The van der Waals surface area contributed by atoms with Crippen molar-refractivity contribution in [2.45, 2.75) is 44.6 Å². The molecule has 3 aromatic rings. The number of thiophene rings is 1. The SMILES string of the molecule is Clc1ccc(CCN2CCC(c3nnc4n3CCCc3cscc3-4)CC2)cc1. The summed E-state index contributed by atoms with van der Waals surface area (Å²) in [5, 5.41) is 14.6. The number of fused-ring (bicyclic) bond motifs is 3. The molecule has 0 saturated carbocycles. The molecule has 0 spiro atoms. The van der Waals surface area contributed by atoms with Crippen LogP contribution in [0, 0.1) is 0 Å². The number of halogens is 1. The number of hydrogen-bond acceptors (Lipinski definition) is 4. The Kier molecular flexibility index (Phi) is 5.22. The van der Waals surface area contributed by atoms with Crippen LogP contribution in [-0.4, -0.2) is 39.3 Å². The van der Waals surface area contributed by atoms with Crippen LogP contribution in [0.3, 0.4) is 0 Å². The highest BCUT2D eigenvalue weighted by molar-refractivity contribution is 7.08. The van der Waals surface area contributed by atoms with Gasteiger partial charge in [0.1, 0.15) is 5.82 Å². The van der Waals surface area contributed by atoms with E-state index in [9.17, 15) is 0 Å². The number of likely N-dealkylation sites (tertiary alicyclic amines) is 1. The Balaban J connectivity index is 1.23. The maximum atomic E-state index is 5.98. The number of aromatic nitrogens is 3. The van der Waals surface area contributed by atoms with Crippen molar-refractivity contribution in [1.29, 1.82) is 0 Å². The zero-order chi connectivity index (χ0) is 18.9. The van der Waals surface area contributed by atoms with Crippen LogP contribution in [0.15, 0.2) is 35.0 Å². The van der Waals surface area contributed by atoms with Gasteiger partial charge in [-0.1, -0.05) is 23.7 Å². The quantitative estimate of drug-likeness (QED) is 0.602. The molecule has 0 atom stereocenters. The molecule has 1 aromatic carbocycles. The van der Waals surface area contributed by atoms with Gasteiger partial charge in [-0.2, -0.15) is 11.3 Å². The monoisotopic (exact) mass is 412 g/mol. The first kappa shape index (κ1) is 18.3. The predicted molar refractivity (Wildman–Crippen MR) is 115 cm³/mol. The standard InChI is InChI=1S/C22H25ClN4S/c23-19-5-3-16(4-6-19)7-11-26-12-8-17(9-13-26)21-24-25-22-20-15-28-14-18(20)2-1-10-27(21)22/h3-6,14-15,17H,1-2,7-13H2. The Bertz CT molecular complexity index is 938. The molecule has 2 aliphatic rings. The van der Waals surface area contributed by atoms with Gasteiger partial charge in [-0.05, 0) is 73.8 Å². The molecular weight excluding hydrogens is 388 g/mol. The normalized spacial score (nSPS) is 17.9. The van der Waals surface area contributed by atoms with E-state index in [1.54, 1.807) is 11.3 Å². The highest BCUT2D eigenvalue weighted by atomic mass is 35.5. The molecule has 0 amide bonds. The van der Waals surface area contributed by atoms with E-state index in [1.165, 1.54) is 41.8 Å². The summed E-state index contributed by atoms with van der Waals surface area (Å²) >= 11 is 7.77. The van der Waals surface area contributed by atoms with Gasteiger partial charge in [-0.25, -0.2) is 0 Å². The van der Waals surface area contributed by atoms with E-state index >= 15 is 0 Å². The van der Waals surface area contributed by atoms with Crippen molar-refractivity contribution in [3.05, 3.63) is 57.0 Å². The maximum Gasteiger partial charge on any atom is 0.165 e. The minimum Gasteiger partial charge on any atom is -0.311 e. The minimum absolute atomic E-state index is 0.535. The summed E-state index contributed by atoms with van der Waals surface area (Å²) in [6.07, 6.45) is 5.78. The molecule has 0 aliphatic carbocycles. The molecule has 28 heavy (non-hydrogen) atoms. The molecule has 2 aromatic heterocycles. The number of nitrogens with zero attached hydrogens (tertiary/aromatic N) is 4. The second kappa shape index (κ2) is 7.97. The van der Waals surface area contributed by atoms with Crippen molar-refractivity contribution in [3.8, 4) is 11.4 Å². The summed E-state index contributed by atoms with van der Waals surface area (Å²) in [6, 6.07) is 8.25. The zero-order valence-electron chi connectivity index (χ0n) is 16.0. The van der Waals surface area contributed by atoms with Gasteiger partial charge in [0.2, 0.25) is 0 Å². The second-order valence-electron chi connectivity index (χ2n) is 7.94. The smallest absolute Gasteiger partial charge is 0.165 e. The maximum absolute atomic E-state index is 5.98. The zero-order valence-corrected chi connectivity index (χ0v) is 17.6. The van der Waals surface area contributed by atoms with Crippen LogP contribution in [0.1, 0.15) is 42.1 Å². The predicted octanol–water partition coefficient (Wildman–Crippen LogP) is 5.03. The molecule has 0 bridgehead atoms. The third-order valence-electron chi connectivity index (χ3n) is 6.17. The summed E-state index contributed by atoms with van der Waals surface area (Å²) in [6.45, 7) is 4.45. The topological polar surface area (TPSA) is 34.0 Å². The van der Waals surface area contributed by atoms with E-state index in [2.05, 4.69) is 42.6 Å². The molecule has 0 radical (unpaired) electrons. The molecule has 146 valence electrons. The lowest BCUT2D eigenvalue weighted by Crippen LogP contribution is -2.35. The Morgan fingerprint density at radius 3 is 2.68 bits per heavy atom. The van der Waals surface area contributed by atoms with Crippen LogP contribution in [0.25, 0.3) is 11.4 Å². The minimum atomic E-state index is 0.535. The average Bonchev–Trinajstić information content (AvgIpc) is 3.32. The van der Waals surface area contributed by atoms with E-state index in [4.69, 9.17) is 11.6 Å². The molecule has 5 rings (SSSR count). The second-order valence-corrected chi connectivity index (χ2v) is 9.12. The molecule has 1 fully saturated rings. The Morgan fingerprint density at radius 1 is 1.04 bits per heavy atom. The van der Waals surface area contributed by atoms with E-state index in [-0.39, 0.29) is 0 Å². The van der Waals surface area contributed by atoms with Crippen molar-refractivity contribution in [2.75, 3.05) is 19.6 Å². The molecule has 0 unspecified atom stereocenters. The summed E-state index contributed by atoms with van der Waals surface area (Å²) in [5.41, 5.74) is 4.11. The molecule has 0 N–H and O–H groups in total. The van der Waals surface area contributed by atoms with E-state index < -0.39 is 0 Å². The van der Waals surface area contributed by atoms with Gasteiger partial charge >= 0.3 is 0 Å². The first-order chi connectivity index (χ1) is 13.8. The summed E-state index contributed by atoms with van der Waals surface area (Å²) < 4.78 is 2.41. The molecule has 4 heterocycles. The molecule has 1 saturated heterocycles. The van der Waals surface area contributed by atoms with Gasteiger partial charge in [0, 0.05) is 35.0 Å². The van der Waals surface area contributed by atoms with Gasteiger partial charge in [-0.3, -0.25) is 0 Å². The van der Waals surface area contributed by atoms with Gasteiger partial charge < -0.3 is 9.47 Å². The Hall–Kier alpha value is -1.69. The van der Waals surface area contributed by atoms with E-state index in [0.717, 1.165) is 49.9 Å². The fourth-order valence-corrected chi connectivity index (χ4v) is 5.53.